The third-order valence-corrected chi connectivity index (χ3v) is 5.73. The number of hydrogen-bond acceptors (Lipinski definition) is 4. The molecule has 1 amide bonds. The first kappa shape index (κ1) is 21.6. The van der Waals surface area contributed by atoms with Crippen LogP contribution in [0.15, 0.2) is 84.9 Å². The summed E-state index contributed by atoms with van der Waals surface area (Å²) in [7, 11) is 0. The molecule has 164 valence electrons. The van der Waals surface area contributed by atoms with Gasteiger partial charge in [0, 0.05) is 13.1 Å². The van der Waals surface area contributed by atoms with Gasteiger partial charge in [-0.1, -0.05) is 48.5 Å². The Balaban J connectivity index is 1.20. The summed E-state index contributed by atoms with van der Waals surface area (Å²) in [5, 5.41) is 0. The first-order valence-corrected chi connectivity index (χ1v) is 11.0. The van der Waals surface area contributed by atoms with Crippen LogP contribution in [0.25, 0.3) is 0 Å². The van der Waals surface area contributed by atoms with Crippen molar-refractivity contribution >= 4 is 11.9 Å². The van der Waals surface area contributed by atoms with Crippen molar-refractivity contribution in [2.75, 3.05) is 19.7 Å². The van der Waals surface area contributed by atoms with Crippen LogP contribution in [0.1, 0.15) is 28.8 Å². The smallest absolute Gasteiger partial charge is 0.338 e. The minimum Gasteiger partial charge on any atom is -0.457 e. The van der Waals surface area contributed by atoms with Crippen molar-refractivity contribution in [3.8, 4) is 11.5 Å². The Hall–Kier alpha value is -3.60. The summed E-state index contributed by atoms with van der Waals surface area (Å²) in [6, 6.07) is 26.6. The van der Waals surface area contributed by atoms with E-state index in [-0.39, 0.29) is 12.5 Å². The lowest BCUT2D eigenvalue weighted by atomic mass is 9.90. The molecule has 0 aromatic heterocycles. The quantitative estimate of drug-likeness (QED) is 0.490. The maximum atomic E-state index is 12.5. The topological polar surface area (TPSA) is 55.8 Å². The number of likely N-dealkylation sites (tertiary alicyclic amines) is 1. The number of hydrogen-bond donors (Lipinski definition) is 0. The van der Waals surface area contributed by atoms with Crippen LogP contribution < -0.4 is 4.74 Å². The lowest BCUT2D eigenvalue weighted by Gasteiger charge is -2.32. The standard InChI is InChI=1S/C27H27NO4/c29-26(28-17-15-22(16-18-28)19-21-7-3-1-4-8-21)20-31-27(30)23-11-13-25(14-12-23)32-24-9-5-2-6-10-24/h1-14,22H,15-20H2. The molecular formula is C27H27NO4. The molecule has 0 atom stereocenters. The zero-order valence-corrected chi connectivity index (χ0v) is 18.0. The van der Waals surface area contributed by atoms with Crippen LogP contribution in [0, 0.1) is 5.92 Å². The second-order valence-electron chi connectivity index (χ2n) is 8.03. The third-order valence-electron chi connectivity index (χ3n) is 5.73. The summed E-state index contributed by atoms with van der Waals surface area (Å²) < 4.78 is 11.0. The highest BCUT2D eigenvalue weighted by Crippen LogP contribution is 2.23. The summed E-state index contributed by atoms with van der Waals surface area (Å²) in [5.74, 6) is 1.29. The molecule has 0 N–H and O–H groups in total. The van der Waals surface area contributed by atoms with Crippen LogP contribution in [0.4, 0.5) is 0 Å². The Morgan fingerprint density at radius 3 is 2.03 bits per heavy atom. The van der Waals surface area contributed by atoms with E-state index in [1.54, 1.807) is 29.2 Å². The van der Waals surface area contributed by atoms with Crippen molar-refractivity contribution in [3.05, 3.63) is 96.1 Å². The van der Waals surface area contributed by atoms with Crippen molar-refractivity contribution in [1.82, 2.24) is 4.90 Å². The average Bonchev–Trinajstić information content (AvgIpc) is 2.84. The molecule has 1 aliphatic heterocycles. The van der Waals surface area contributed by atoms with Gasteiger partial charge in [-0.15, -0.1) is 0 Å². The highest BCUT2D eigenvalue weighted by Gasteiger charge is 2.23. The van der Waals surface area contributed by atoms with E-state index in [9.17, 15) is 9.59 Å². The van der Waals surface area contributed by atoms with Crippen LogP contribution in [0.2, 0.25) is 0 Å². The molecule has 3 aromatic carbocycles. The molecule has 0 radical (unpaired) electrons. The first-order chi connectivity index (χ1) is 15.7. The predicted molar refractivity (Wildman–Crippen MR) is 123 cm³/mol. The molecule has 1 heterocycles. The zero-order chi connectivity index (χ0) is 22.2. The Bertz CT molecular complexity index is 1010. The van der Waals surface area contributed by atoms with Crippen LogP contribution >= 0.6 is 0 Å². The number of esters is 1. The molecule has 1 saturated heterocycles. The number of benzene rings is 3. The van der Waals surface area contributed by atoms with E-state index in [1.165, 1.54) is 5.56 Å². The fourth-order valence-corrected chi connectivity index (χ4v) is 3.92. The molecule has 0 unspecified atom stereocenters. The van der Waals surface area contributed by atoms with Gasteiger partial charge in [-0.3, -0.25) is 4.79 Å². The summed E-state index contributed by atoms with van der Waals surface area (Å²) in [6.07, 6.45) is 2.98. The first-order valence-electron chi connectivity index (χ1n) is 11.0. The van der Waals surface area contributed by atoms with E-state index >= 15 is 0 Å². The highest BCUT2D eigenvalue weighted by atomic mass is 16.5. The lowest BCUT2D eigenvalue weighted by Crippen LogP contribution is -2.41. The summed E-state index contributed by atoms with van der Waals surface area (Å²) in [4.78, 5) is 26.6. The number of rotatable bonds is 7. The zero-order valence-electron chi connectivity index (χ0n) is 18.0. The average molecular weight is 430 g/mol. The summed E-state index contributed by atoms with van der Waals surface area (Å²) in [5.41, 5.74) is 1.73. The minimum absolute atomic E-state index is 0.138. The summed E-state index contributed by atoms with van der Waals surface area (Å²) >= 11 is 0. The van der Waals surface area contributed by atoms with E-state index in [4.69, 9.17) is 9.47 Å². The molecule has 32 heavy (non-hydrogen) atoms. The van der Waals surface area contributed by atoms with Gasteiger partial charge in [0.25, 0.3) is 5.91 Å². The monoisotopic (exact) mass is 429 g/mol. The van der Waals surface area contributed by atoms with E-state index in [0.29, 0.717) is 30.3 Å². The van der Waals surface area contributed by atoms with Crippen molar-refractivity contribution in [2.24, 2.45) is 5.92 Å². The fourth-order valence-electron chi connectivity index (χ4n) is 3.92. The van der Waals surface area contributed by atoms with Gasteiger partial charge in [-0.25, -0.2) is 4.79 Å². The number of nitrogens with zero attached hydrogens (tertiary/aromatic N) is 1. The number of carbonyl (C=O) groups excluding carboxylic acids is 2. The van der Waals surface area contributed by atoms with E-state index in [2.05, 4.69) is 24.3 Å². The maximum absolute atomic E-state index is 12.5. The largest absolute Gasteiger partial charge is 0.457 e. The molecular weight excluding hydrogens is 402 g/mol. The van der Waals surface area contributed by atoms with Crippen LogP contribution in [-0.4, -0.2) is 36.5 Å². The van der Waals surface area contributed by atoms with Gasteiger partial charge in [0.15, 0.2) is 6.61 Å². The predicted octanol–water partition coefficient (Wildman–Crippen LogP) is 5.12. The molecule has 0 saturated carbocycles. The van der Waals surface area contributed by atoms with Crippen LogP contribution in [0.3, 0.4) is 0 Å². The van der Waals surface area contributed by atoms with Gasteiger partial charge in [0.2, 0.25) is 0 Å². The third kappa shape index (κ3) is 5.97. The van der Waals surface area contributed by atoms with Crippen molar-refractivity contribution in [3.63, 3.8) is 0 Å². The lowest BCUT2D eigenvalue weighted by molar-refractivity contribution is -0.135. The second kappa shape index (κ2) is 10.6. The molecule has 3 aromatic rings. The van der Waals surface area contributed by atoms with Gasteiger partial charge in [-0.05, 0) is 67.1 Å². The Kier molecular flexibility index (Phi) is 7.18. The van der Waals surface area contributed by atoms with Crippen LogP contribution in [0.5, 0.6) is 11.5 Å². The Labute approximate surface area is 188 Å². The van der Waals surface area contributed by atoms with Crippen molar-refractivity contribution < 1.29 is 19.1 Å². The van der Waals surface area contributed by atoms with E-state index < -0.39 is 5.97 Å². The normalized spacial score (nSPS) is 14.1. The van der Waals surface area contributed by atoms with Gasteiger partial charge in [0.05, 0.1) is 5.56 Å². The molecule has 0 bridgehead atoms. The number of piperidine rings is 1. The van der Waals surface area contributed by atoms with Gasteiger partial charge < -0.3 is 14.4 Å². The fraction of sp³-hybridized carbons (Fsp3) is 0.259. The van der Waals surface area contributed by atoms with Gasteiger partial charge >= 0.3 is 5.97 Å². The number of amides is 1. The van der Waals surface area contributed by atoms with Crippen LogP contribution in [-0.2, 0) is 16.0 Å². The molecule has 5 nitrogen and oxygen atoms in total. The molecule has 0 aliphatic carbocycles. The Morgan fingerprint density at radius 1 is 0.781 bits per heavy atom. The minimum atomic E-state index is -0.511. The number of para-hydroxylation sites is 1. The molecule has 4 rings (SSSR count). The SMILES string of the molecule is O=C(OCC(=O)N1CCC(Cc2ccccc2)CC1)c1ccc(Oc2ccccc2)cc1. The van der Waals surface area contributed by atoms with E-state index in [1.807, 2.05) is 36.4 Å². The van der Waals surface area contributed by atoms with Gasteiger partial charge in [0.1, 0.15) is 11.5 Å². The summed E-state index contributed by atoms with van der Waals surface area (Å²) in [6.45, 7) is 1.18. The molecule has 1 fully saturated rings. The maximum Gasteiger partial charge on any atom is 0.338 e. The Morgan fingerprint density at radius 2 is 1.38 bits per heavy atom. The number of carbonyl (C=O) groups is 2. The molecule has 0 spiro atoms. The van der Waals surface area contributed by atoms with Crippen molar-refractivity contribution in [1.29, 1.82) is 0 Å². The second-order valence-corrected chi connectivity index (χ2v) is 8.03. The van der Waals surface area contributed by atoms with Gasteiger partial charge in [-0.2, -0.15) is 0 Å². The highest BCUT2D eigenvalue weighted by molar-refractivity contribution is 5.91. The van der Waals surface area contributed by atoms with E-state index in [0.717, 1.165) is 25.0 Å². The van der Waals surface area contributed by atoms with Crippen molar-refractivity contribution in [2.45, 2.75) is 19.3 Å². The molecule has 1 aliphatic rings. The number of ether oxygens (including phenoxy) is 2. The molecule has 5 heteroatoms.